The summed E-state index contributed by atoms with van der Waals surface area (Å²) in [6.07, 6.45) is 4.71. The molecule has 0 aliphatic rings. The minimum atomic E-state index is -0.205. The molecule has 0 saturated heterocycles. The smallest absolute Gasteiger partial charge is 0.249 e. The fraction of sp³-hybridized carbons (Fsp3) is 0. The third-order valence-electron chi connectivity index (χ3n) is 4.55. The third kappa shape index (κ3) is 2.80. The van der Waals surface area contributed by atoms with Crippen LogP contribution < -0.4 is 5.56 Å². The highest BCUT2D eigenvalue weighted by Crippen LogP contribution is 2.33. The zero-order chi connectivity index (χ0) is 19.1. The van der Waals surface area contributed by atoms with Gasteiger partial charge in [-0.15, -0.1) is 0 Å². The number of aromatic amines is 2. The molecule has 0 unspecified atom stereocenters. The summed E-state index contributed by atoms with van der Waals surface area (Å²) in [6, 6.07) is 14.7. The van der Waals surface area contributed by atoms with Crippen molar-refractivity contribution >= 4 is 22.6 Å². The molecule has 0 spiro atoms. The van der Waals surface area contributed by atoms with Crippen LogP contribution in [-0.2, 0) is 0 Å². The number of halogens is 1. The second-order valence-corrected chi connectivity index (χ2v) is 6.70. The number of nitrogens with zero attached hydrogens (tertiary/aromatic N) is 2. The molecule has 136 valence electrons. The SMILES string of the molecule is O=c1cc(-c2ccnc3[nH]c(-c4cnco4)cc23)cc(-c2ccccc2Cl)[nH]1. The maximum atomic E-state index is 12.4. The number of fused-ring (bicyclic) bond motifs is 1. The number of pyridine rings is 2. The van der Waals surface area contributed by atoms with Crippen molar-refractivity contribution in [1.82, 2.24) is 19.9 Å². The van der Waals surface area contributed by atoms with Gasteiger partial charge in [0.1, 0.15) is 5.65 Å². The number of hydrogen-bond donors (Lipinski definition) is 2. The lowest BCUT2D eigenvalue weighted by atomic mass is 10.0. The van der Waals surface area contributed by atoms with Gasteiger partial charge in [-0.1, -0.05) is 29.8 Å². The average molecular weight is 389 g/mol. The molecule has 6 nitrogen and oxygen atoms in total. The van der Waals surface area contributed by atoms with Gasteiger partial charge >= 0.3 is 0 Å². The Hall–Kier alpha value is -3.64. The summed E-state index contributed by atoms with van der Waals surface area (Å²) in [7, 11) is 0. The summed E-state index contributed by atoms with van der Waals surface area (Å²) in [5, 5.41) is 1.45. The van der Waals surface area contributed by atoms with E-state index in [1.807, 2.05) is 36.4 Å². The van der Waals surface area contributed by atoms with E-state index in [9.17, 15) is 4.79 Å². The molecule has 5 aromatic rings. The van der Waals surface area contributed by atoms with E-state index in [0.29, 0.717) is 22.1 Å². The second-order valence-electron chi connectivity index (χ2n) is 6.30. The van der Waals surface area contributed by atoms with E-state index >= 15 is 0 Å². The number of aromatic nitrogens is 4. The van der Waals surface area contributed by atoms with Gasteiger partial charge in [-0.2, -0.15) is 0 Å². The Morgan fingerprint density at radius 2 is 1.86 bits per heavy atom. The molecule has 4 aromatic heterocycles. The monoisotopic (exact) mass is 388 g/mol. The number of hydrogen-bond acceptors (Lipinski definition) is 4. The zero-order valence-corrected chi connectivity index (χ0v) is 15.2. The molecule has 0 radical (unpaired) electrons. The van der Waals surface area contributed by atoms with Crippen molar-refractivity contribution in [3.05, 3.63) is 82.7 Å². The highest BCUT2D eigenvalue weighted by molar-refractivity contribution is 6.33. The van der Waals surface area contributed by atoms with Crippen LogP contribution in [0, 0.1) is 0 Å². The summed E-state index contributed by atoms with van der Waals surface area (Å²) in [5.74, 6) is 0.617. The molecule has 28 heavy (non-hydrogen) atoms. The molecular formula is C21H13ClN4O2. The van der Waals surface area contributed by atoms with Crippen molar-refractivity contribution in [3.63, 3.8) is 0 Å². The summed E-state index contributed by atoms with van der Waals surface area (Å²) < 4.78 is 5.36. The molecule has 1 aromatic carbocycles. The normalized spacial score (nSPS) is 11.2. The maximum Gasteiger partial charge on any atom is 0.249 e. The maximum absolute atomic E-state index is 12.4. The number of oxazole rings is 1. The second kappa shape index (κ2) is 6.51. The van der Waals surface area contributed by atoms with E-state index < -0.39 is 0 Å². The van der Waals surface area contributed by atoms with Crippen LogP contribution in [0.4, 0.5) is 0 Å². The van der Waals surface area contributed by atoms with Crippen LogP contribution in [0.2, 0.25) is 5.02 Å². The van der Waals surface area contributed by atoms with E-state index in [0.717, 1.165) is 27.8 Å². The average Bonchev–Trinajstić information content (AvgIpc) is 3.37. The highest BCUT2D eigenvalue weighted by Gasteiger charge is 2.13. The predicted molar refractivity (Wildman–Crippen MR) is 108 cm³/mol. The summed E-state index contributed by atoms with van der Waals surface area (Å²) in [5.41, 5.74) is 4.34. The lowest BCUT2D eigenvalue weighted by Gasteiger charge is -2.08. The van der Waals surface area contributed by atoms with Gasteiger partial charge in [-0.25, -0.2) is 9.97 Å². The molecule has 2 N–H and O–H groups in total. The Morgan fingerprint density at radius 1 is 0.964 bits per heavy atom. The van der Waals surface area contributed by atoms with Crippen LogP contribution in [0.3, 0.4) is 0 Å². The Bertz CT molecular complexity index is 1350. The zero-order valence-electron chi connectivity index (χ0n) is 14.4. The van der Waals surface area contributed by atoms with Gasteiger partial charge in [-0.3, -0.25) is 4.79 Å². The Labute approximate surface area is 163 Å². The first-order valence-electron chi connectivity index (χ1n) is 8.55. The quantitative estimate of drug-likeness (QED) is 0.460. The number of nitrogens with one attached hydrogen (secondary N) is 2. The number of rotatable bonds is 3. The van der Waals surface area contributed by atoms with Gasteiger partial charge < -0.3 is 14.4 Å². The fourth-order valence-corrected chi connectivity index (χ4v) is 3.52. The number of benzene rings is 1. The lowest BCUT2D eigenvalue weighted by Crippen LogP contribution is -2.06. The third-order valence-corrected chi connectivity index (χ3v) is 4.88. The van der Waals surface area contributed by atoms with Gasteiger partial charge in [0.15, 0.2) is 12.2 Å². The molecule has 0 atom stereocenters. The van der Waals surface area contributed by atoms with Crippen LogP contribution in [0.1, 0.15) is 0 Å². The fourth-order valence-electron chi connectivity index (χ4n) is 3.28. The molecule has 0 amide bonds. The number of H-pyrrole nitrogens is 2. The first kappa shape index (κ1) is 16.5. The first-order valence-corrected chi connectivity index (χ1v) is 8.93. The van der Waals surface area contributed by atoms with Crippen molar-refractivity contribution in [2.75, 3.05) is 0 Å². The molecular weight excluding hydrogens is 376 g/mol. The Balaban J connectivity index is 1.70. The van der Waals surface area contributed by atoms with Crippen LogP contribution >= 0.6 is 11.6 Å². The topological polar surface area (TPSA) is 87.6 Å². The molecule has 4 heterocycles. The van der Waals surface area contributed by atoms with Crippen LogP contribution in [0.5, 0.6) is 0 Å². The Morgan fingerprint density at radius 3 is 2.68 bits per heavy atom. The van der Waals surface area contributed by atoms with Crippen LogP contribution in [0.25, 0.3) is 44.9 Å². The van der Waals surface area contributed by atoms with Crippen LogP contribution in [0.15, 0.2) is 76.5 Å². The van der Waals surface area contributed by atoms with E-state index in [-0.39, 0.29) is 5.56 Å². The lowest BCUT2D eigenvalue weighted by molar-refractivity contribution is 0.570. The van der Waals surface area contributed by atoms with E-state index in [2.05, 4.69) is 19.9 Å². The molecule has 5 rings (SSSR count). The van der Waals surface area contributed by atoms with Crippen molar-refractivity contribution in [2.45, 2.75) is 0 Å². The molecule has 0 aliphatic carbocycles. The summed E-state index contributed by atoms with van der Waals surface area (Å²) in [4.78, 5) is 26.8. The Kier molecular flexibility index (Phi) is 3.84. The summed E-state index contributed by atoms with van der Waals surface area (Å²) in [6.45, 7) is 0. The predicted octanol–water partition coefficient (Wildman–Crippen LogP) is 4.89. The minimum Gasteiger partial charge on any atom is -0.442 e. The van der Waals surface area contributed by atoms with Crippen molar-refractivity contribution in [3.8, 4) is 33.8 Å². The minimum absolute atomic E-state index is 0.205. The van der Waals surface area contributed by atoms with E-state index in [1.165, 1.54) is 6.39 Å². The first-order chi connectivity index (χ1) is 13.7. The van der Waals surface area contributed by atoms with Crippen molar-refractivity contribution in [2.24, 2.45) is 0 Å². The van der Waals surface area contributed by atoms with Gasteiger partial charge in [-0.05, 0) is 35.4 Å². The standard InChI is InChI=1S/C21H13ClN4O2/c22-16-4-2-1-3-14(16)17-7-12(8-20(27)25-17)13-5-6-24-21-15(13)9-18(26-21)19-10-23-11-28-19/h1-11H,(H,24,26)(H,25,27). The largest absolute Gasteiger partial charge is 0.442 e. The summed E-state index contributed by atoms with van der Waals surface area (Å²) >= 11 is 6.31. The van der Waals surface area contributed by atoms with Gasteiger partial charge in [0, 0.05) is 28.2 Å². The highest BCUT2D eigenvalue weighted by atomic mass is 35.5. The van der Waals surface area contributed by atoms with Crippen LogP contribution in [-0.4, -0.2) is 19.9 Å². The van der Waals surface area contributed by atoms with Gasteiger partial charge in [0.2, 0.25) is 5.56 Å². The molecule has 0 saturated carbocycles. The molecule has 0 fully saturated rings. The molecule has 7 heteroatoms. The van der Waals surface area contributed by atoms with Gasteiger partial charge in [0.25, 0.3) is 0 Å². The molecule has 0 aliphatic heterocycles. The molecule has 0 bridgehead atoms. The van der Waals surface area contributed by atoms with Crippen molar-refractivity contribution in [1.29, 1.82) is 0 Å². The van der Waals surface area contributed by atoms with E-state index in [4.69, 9.17) is 16.0 Å². The van der Waals surface area contributed by atoms with Crippen molar-refractivity contribution < 1.29 is 4.42 Å². The van der Waals surface area contributed by atoms with Gasteiger partial charge in [0.05, 0.1) is 17.6 Å². The van der Waals surface area contributed by atoms with E-state index in [1.54, 1.807) is 24.5 Å².